The zero-order valence-corrected chi connectivity index (χ0v) is 5.82. The molecule has 0 amide bonds. The number of hydrogen-bond donors (Lipinski definition) is 0. The van der Waals surface area contributed by atoms with Crippen LogP contribution in [0.3, 0.4) is 0 Å². The largest absolute Gasteiger partial charge is 0.295 e. The minimum Gasteiger partial charge on any atom is -0.295 e. The van der Waals surface area contributed by atoms with E-state index in [0.717, 1.165) is 18.4 Å². The molecule has 0 aliphatic rings. The Morgan fingerprint density at radius 3 is 2.00 bits per heavy atom. The minimum absolute atomic E-state index is 0.229. The lowest BCUT2D eigenvalue weighted by molar-refractivity contribution is 0.293. The smallest absolute Gasteiger partial charge is 0.151 e. The van der Waals surface area contributed by atoms with Gasteiger partial charge in [0, 0.05) is 0 Å². The first-order valence-electron chi connectivity index (χ1n) is 3.01. The molecule has 0 heterocycles. The Bertz CT molecular complexity index is 88.6. The van der Waals surface area contributed by atoms with Gasteiger partial charge in [-0.2, -0.15) is 0 Å². The van der Waals surface area contributed by atoms with Crippen LogP contribution in [-0.2, 0) is 5.11 Å². The first kappa shape index (κ1) is 7.54. The van der Waals surface area contributed by atoms with Crippen LogP contribution in [0.4, 0.5) is 0 Å². The molecule has 1 nitrogen and oxygen atoms in total. The van der Waals surface area contributed by atoms with Crippen molar-refractivity contribution in [2.75, 3.05) is 0 Å². The molecule has 0 aromatic rings. The highest BCUT2D eigenvalue weighted by Gasteiger charge is 1.92. The van der Waals surface area contributed by atoms with E-state index in [2.05, 4.69) is 6.92 Å². The molecule has 0 aromatic heterocycles. The molecule has 0 saturated carbocycles. The molecule has 0 aromatic carbocycles. The van der Waals surface area contributed by atoms with E-state index < -0.39 is 0 Å². The van der Waals surface area contributed by atoms with Gasteiger partial charge in [-0.25, -0.2) is 0 Å². The summed E-state index contributed by atoms with van der Waals surface area (Å²) in [4.78, 5) is 0. The van der Waals surface area contributed by atoms with Gasteiger partial charge in [0.1, 0.15) is 0 Å². The third-order valence-electron chi connectivity index (χ3n) is 1.23. The van der Waals surface area contributed by atoms with E-state index in [9.17, 15) is 5.11 Å². The Hall–Kier alpha value is -0.460. The predicted octanol–water partition coefficient (Wildman–Crippen LogP) is 2.51. The molecule has 0 unspecified atom stereocenters. The molecule has 0 N–H and O–H groups in total. The van der Waals surface area contributed by atoms with Crippen molar-refractivity contribution in [3.05, 3.63) is 11.3 Å². The third-order valence-corrected chi connectivity index (χ3v) is 1.23. The first-order valence-corrected chi connectivity index (χ1v) is 3.01. The summed E-state index contributed by atoms with van der Waals surface area (Å²) in [6.45, 7) is 5.59. The Morgan fingerprint density at radius 1 is 1.38 bits per heavy atom. The van der Waals surface area contributed by atoms with Crippen molar-refractivity contribution in [2.45, 2.75) is 33.6 Å². The van der Waals surface area contributed by atoms with E-state index in [4.69, 9.17) is 0 Å². The van der Waals surface area contributed by atoms with Gasteiger partial charge in [-0.1, -0.05) is 13.3 Å². The van der Waals surface area contributed by atoms with E-state index in [1.54, 1.807) is 6.92 Å². The van der Waals surface area contributed by atoms with Gasteiger partial charge in [0.15, 0.2) is 5.76 Å². The molecule has 0 aliphatic carbocycles. The van der Waals surface area contributed by atoms with Gasteiger partial charge in [-0.05, 0) is 25.8 Å². The molecule has 8 heavy (non-hydrogen) atoms. The summed E-state index contributed by atoms with van der Waals surface area (Å²) in [5.74, 6) is 0.229. The monoisotopic (exact) mass is 113 g/mol. The van der Waals surface area contributed by atoms with Crippen molar-refractivity contribution < 1.29 is 5.11 Å². The molecular weight excluding hydrogens is 100 g/mol. The lowest BCUT2D eigenvalue weighted by atomic mass is 10.1. The molecule has 47 valence electrons. The predicted molar refractivity (Wildman–Crippen MR) is 34.0 cm³/mol. The number of hydrogen-bond acceptors (Lipinski definition) is 0. The maximum atomic E-state index is 10.5. The molecule has 0 rings (SSSR count). The zero-order valence-electron chi connectivity index (χ0n) is 5.82. The highest BCUT2D eigenvalue weighted by Crippen LogP contribution is 2.06. The summed E-state index contributed by atoms with van der Waals surface area (Å²) in [6.07, 6.45) is 2.03. The Balaban J connectivity index is 3.62. The maximum absolute atomic E-state index is 10.5. The van der Waals surface area contributed by atoms with Crippen molar-refractivity contribution in [1.29, 1.82) is 0 Å². The Morgan fingerprint density at radius 2 is 1.88 bits per heavy atom. The van der Waals surface area contributed by atoms with E-state index in [1.807, 2.05) is 6.92 Å². The highest BCUT2D eigenvalue weighted by atomic mass is 16.3. The van der Waals surface area contributed by atoms with Crippen LogP contribution < -0.4 is 0 Å². The SMILES string of the molecule is CCCC(C)=C(C)[O]. The molecular formula is C7H13O. The number of allylic oxidation sites excluding steroid dienone is 2. The second-order valence-corrected chi connectivity index (χ2v) is 2.09. The molecule has 0 fully saturated rings. The minimum atomic E-state index is 0.229. The summed E-state index contributed by atoms with van der Waals surface area (Å²) in [7, 11) is 0. The molecule has 0 atom stereocenters. The van der Waals surface area contributed by atoms with Gasteiger partial charge < -0.3 is 0 Å². The van der Waals surface area contributed by atoms with Gasteiger partial charge >= 0.3 is 0 Å². The average Bonchev–Trinajstić information content (AvgIpc) is 1.67. The summed E-state index contributed by atoms with van der Waals surface area (Å²) < 4.78 is 0. The summed E-state index contributed by atoms with van der Waals surface area (Å²) in [6, 6.07) is 0. The molecule has 1 radical (unpaired) electrons. The second-order valence-electron chi connectivity index (χ2n) is 2.09. The fraction of sp³-hybridized carbons (Fsp3) is 0.714. The van der Waals surface area contributed by atoms with E-state index in [0.29, 0.717) is 0 Å². The van der Waals surface area contributed by atoms with Crippen LogP contribution in [0.5, 0.6) is 0 Å². The third kappa shape index (κ3) is 2.67. The van der Waals surface area contributed by atoms with Gasteiger partial charge in [0.05, 0.1) is 0 Å². The Kier molecular flexibility index (Phi) is 3.33. The van der Waals surface area contributed by atoms with Gasteiger partial charge in [0.2, 0.25) is 0 Å². The maximum Gasteiger partial charge on any atom is 0.151 e. The summed E-state index contributed by atoms with van der Waals surface area (Å²) in [5.41, 5.74) is 0.993. The molecule has 0 saturated heterocycles. The van der Waals surface area contributed by atoms with Crippen molar-refractivity contribution >= 4 is 0 Å². The Labute approximate surface area is 51.0 Å². The summed E-state index contributed by atoms with van der Waals surface area (Å²) >= 11 is 0. The lowest BCUT2D eigenvalue weighted by Crippen LogP contribution is -1.79. The second kappa shape index (κ2) is 3.53. The van der Waals surface area contributed by atoms with Crippen LogP contribution in [0.1, 0.15) is 33.6 Å². The van der Waals surface area contributed by atoms with Crippen LogP contribution in [-0.4, -0.2) is 0 Å². The van der Waals surface area contributed by atoms with E-state index >= 15 is 0 Å². The zero-order chi connectivity index (χ0) is 6.57. The standard InChI is InChI=1S/C7H13O/c1-4-5-6(2)7(3)8/h4-5H2,1-3H3. The van der Waals surface area contributed by atoms with Crippen LogP contribution >= 0.6 is 0 Å². The van der Waals surface area contributed by atoms with E-state index in [-0.39, 0.29) is 5.76 Å². The molecule has 0 spiro atoms. The molecule has 0 aliphatic heterocycles. The first-order chi connectivity index (χ1) is 3.68. The van der Waals surface area contributed by atoms with Crippen molar-refractivity contribution in [3.63, 3.8) is 0 Å². The topological polar surface area (TPSA) is 19.9 Å². The van der Waals surface area contributed by atoms with Crippen molar-refractivity contribution in [2.24, 2.45) is 0 Å². The van der Waals surface area contributed by atoms with Gasteiger partial charge in [-0.15, -0.1) is 0 Å². The van der Waals surface area contributed by atoms with Crippen molar-refractivity contribution in [3.8, 4) is 0 Å². The normalized spacial score (nSPS) is 13.4. The fourth-order valence-corrected chi connectivity index (χ4v) is 0.551. The van der Waals surface area contributed by atoms with Crippen LogP contribution in [0.15, 0.2) is 11.3 Å². The number of rotatable bonds is 2. The van der Waals surface area contributed by atoms with Gasteiger partial charge in [0.25, 0.3) is 0 Å². The average molecular weight is 113 g/mol. The molecule has 1 heteroatoms. The quantitative estimate of drug-likeness (QED) is 0.490. The fourth-order valence-electron chi connectivity index (χ4n) is 0.551. The van der Waals surface area contributed by atoms with Crippen LogP contribution in [0, 0.1) is 0 Å². The van der Waals surface area contributed by atoms with Gasteiger partial charge in [-0.3, -0.25) is 5.11 Å². The van der Waals surface area contributed by atoms with Crippen LogP contribution in [0.2, 0.25) is 0 Å². The van der Waals surface area contributed by atoms with E-state index in [1.165, 1.54) is 0 Å². The highest BCUT2D eigenvalue weighted by molar-refractivity contribution is 5.00. The van der Waals surface area contributed by atoms with Crippen LogP contribution in [0.25, 0.3) is 0 Å². The lowest BCUT2D eigenvalue weighted by Gasteiger charge is -1.93. The summed E-state index contributed by atoms with van der Waals surface area (Å²) in [5, 5.41) is 10.5. The van der Waals surface area contributed by atoms with Crippen molar-refractivity contribution in [1.82, 2.24) is 0 Å². The molecule has 0 bridgehead atoms.